The molecule has 1 aromatic rings. The average molecular weight is 154 g/mol. The molecule has 1 aromatic heterocycles. The van der Waals surface area contributed by atoms with E-state index in [1.54, 1.807) is 11.3 Å². The van der Waals surface area contributed by atoms with Gasteiger partial charge in [-0.2, -0.15) is 0 Å². The summed E-state index contributed by atoms with van der Waals surface area (Å²) in [6.07, 6.45) is 3.31. The molecule has 1 fully saturated rings. The zero-order valence-electron chi connectivity index (χ0n) is 5.71. The molecule has 2 N–H and O–H groups in total. The van der Waals surface area contributed by atoms with Crippen molar-refractivity contribution in [3.8, 4) is 0 Å². The molecule has 1 aliphatic carbocycles. The first-order valence-corrected chi connectivity index (χ1v) is 4.39. The van der Waals surface area contributed by atoms with E-state index in [-0.39, 0.29) is 5.54 Å². The second-order valence-electron chi connectivity index (χ2n) is 3.02. The van der Waals surface area contributed by atoms with E-state index in [0.717, 1.165) is 12.1 Å². The van der Waals surface area contributed by atoms with Gasteiger partial charge in [-0.25, -0.2) is 4.98 Å². The molecule has 0 radical (unpaired) electrons. The zero-order valence-corrected chi connectivity index (χ0v) is 6.53. The summed E-state index contributed by atoms with van der Waals surface area (Å²) in [6, 6.07) is 0. The minimum absolute atomic E-state index is 0.119. The Labute approximate surface area is 64.1 Å². The third-order valence-corrected chi connectivity index (χ3v) is 2.54. The maximum absolute atomic E-state index is 5.90. The fraction of sp³-hybridized carbons (Fsp3) is 0.571. The van der Waals surface area contributed by atoms with E-state index in [4.69, 9.17) is 5.73 Å². The Morgan fingerprint density at radius 2 is 2.50 bits per heavy atom. The Morgan fingerprint density at radius 3 is 3.00 bits per heavy atom. The Morgan fingerprint density at radius 1 is 1.70 bits per heavy atom. The van der Waals surface area contributed by atoms with Crippen LogP contribution in [0.3, 0.4) is 0 Å². The number of thiazole rings is 1. The van der Waals surface area contributed by atoms with Crippen molar-refractivity contribution in [1.29, 1.82) is 0 Å². The summed E-state index contributed by atoms with van der Waals surface area (Å²) >= 11 is 1.64. The summed E-state index contributed by atoms with van der Waals surface area (Å²) in [4.78, 5) is 4.18. The standard InChI is InChI=1S/C7H10N2S/c8-7(1-2-7)3-6-4-10-5-9-6/h4-5H,1-3,8H2. The van der Waals surface area contributed by atoms with Gasteiger partial charge in [0.1, 0.15) is 0 Å². The molecule has 10 heavy (non-hydrogen) atoms. The molecule has 1 heterocycles. The van der Waals surface area contributed by atoms with Gasteiger partial charge in [0.25, 0.3) is 0 Å². The van der Waals surface area contributed by atoms with E-state index in [1.807, 2.05) is 5.51 Å². The average Bonchev–Trinajstić information content (AvgIpc) is 2.47. The van der Waals surface area contributed by atoms with Crippen LogP contribution in [0, 0.1) is 0 Å². The van der Waals surface area contributed by atoms with Crippen LogP contribution in [0.5, 0.6) is 0 Å². The molecule has 3 heteroatoms. The third-order valence-electron chi connectivity index (χ3n) is 1.91. The molecule has 2 nitrogen and oxygen atoms in total. The van der Waals surface area contributed by atoms with Gasteiger partial charge in [0.05, 0.1) is 11.2 Å². The molecule has 0 unspecified atom stereocenters. The molecule has 0 atom stereocenters. The molecule has 0 saturated heterocycles. The van der Waals surface area contributed by atoms with Crippen LogP contribution in [0.25, 0.3) is 0 Å². The maximum Gasteiger partial charge on any atom is 0.0794 e. The Kier molecular flexibility index (Phi) is 1.28. The summed E-state index contributed by atoms with van der Waals surface area (Å²) in [5, 5.41) is 2.08. The predicted octanol–water partition coefficient (Wildman–Crippen LogP) is 1.18. The summed E-state index contributed by atoms with van der Waals surface area (Å²) in [7, 11) is 0. The lowest BCUT2D eigenvalue weighted by Gasteiger charge is -2.03. The lowest BCUT2D eigenvalue weighted by molar-refractivity contribution is 0.662. The highest BCUT2D eigenvalue weighted by Crippen LogP contribution is 2.35. The van der Waals surface area contributed by atoms with Gasteiger partial charge in [-0.05, 0) is 12.8 Å². The fourth-order valence-corrected chi connectivity index (χ4v) is 1.58. The van der Waals surface area contributed by atoms with Crippen molar-refractivity contribution in [2.75, 3.05) is 0 Å². The first kappa shape index (κ1) is 6.31. The van der Waals surface area contributed by atoms with Crippen LogP contribution in [0.1, 0.15) is 18.5 Å². The van der Waals surface area contributed by atoms with Crippen molar-refractivity contribution in [3.05, 3.63) is 16.6 Å². The van der Waals surface area contributed by atoms with E-state index in [0.29, 0.717) is 0 Å². The molecule has 1 aliphatic rings. The van der Waals surface area contributed by atoms with Crippen LogP contribution < -0.4 is 5.73 Å². The van der Waals surface area contributed by atoms with Crippen LogP contribution in [0.2, 0.25) is 0 Å². The minimum Gasteiger partial charge on any atom is -0.325 e. The Balaban J connectivity index is 2.04. The minimum atomic E-state index is 0.119. The van der Waals surface area contributed by atoms with Crippen LogP contribution in [0.15, 0.2) is 10.9 Å². The molecule has 1 saturated carbocycles. The number of hydrogen-bond acceptors (Lipinski definition) is 3. The zero-order chi connectivity index (χ0) is 7.03. The normalized spacial score (nSPS) is 20.9. The predicted molar refractivity (Wildman–Crippen MR) is 42.0 cm³/mol. The first-order valence-electron chi connectivity index (χ1n) is 3.44. The topological polar surface area (TPSA) is 38.9 Å². The Bertz CT molecular complexity index is 214. The van der Waals surface area contributed by atoms with E-state index < -0.39 is 0 Å². The van der Waals surface area contributed by atoms with Crippen molar-refractivity contribution >= 4 is 11.3 Å². The fourth-order valence-electron chi connectivity index (χ4n) is 1.02. The van der Waals surface area contributed by atoms with E-state index >= 15 is 0 Å². The molecular weight excluding hydrogens is 144 g/mol. The summed E-state index contributed by atoms with van der Waals surface area (Å²) in [5.41, 5.74) is 9.04. The largest absolute Gasteiger partial charge is 0.325 e. The van der Waals surface area contributed by atoms with Gasteiger partial charge < -0.3 is 5.73 Å². The van der Waals surface area contributed by atoms with Gasteiger partial charge in [0.15, 0.2) is 0 Å². The molecule has 0 amide bonds. The van der Waals surface area contributed by atoms with Gasteiger partial charge >= 0.3 is 0 Å². The number of nitrogens with zero attached hydrogens (tertiary/aromatic N) is 1. The van der Waals surface area contributed by atoms with E-state index in [9.17, 15) is 0 Å². The van der Waals surface area contributed by atoms with Crippen molar-refractivity contribution in [1.82, 2.24) is 4.98 Å². The van der Waals surface area contributed by atoms with Crippen LogP contribution in [-0.2, 0) is 6.42 Å². The quantitative estimate of drug-likeness (QED) is 0.694. The molecule has 0 spiro atoms. The molecule has 2 rings (SSSR count). The number of aromatic nitrogens is 1. The Hall–Kier alpha value is -0.410. The summed E-state index contributed by atoms with van der Waals surface area (Å²) < 4.78 is 0. The molecular formula is C7H10N2S. The molecule has 54 valence electrons. The second kappa shape index (κ2) is 2.04. The van der Waals surface area contributed by atoms with Gasteiger partial charge in [0.2, 0.25) is 0 Å². The molecule has 0 aliphatic heterocycles. The van der Waals surface area contributed by atoms with Crippen molar-refractivity contribution in [2.45, 2.75) is 24.8 Å². The number of hydrogen-bond donors (Lipinski definition) is 1. The van der Waals surface area contributed by atoms with Gasteiger partial charge in [-0.3, -0.25) is 0 Å². The van der Waals surface area contributed by atoms with Crippen LogP contribution in [-0.4, -0.2) is 10.5 Å². The van der Waals surface area contributed by atoms with E-state index in [1.165, 1.54) is 12.8 Å². The second-order valence-corrected chi connectivity index (χ2v) is 3.74. The van der Waals surface area contributed by atoms with Gasteiger partial charge in [0, 0.05) is 17.3 Å². The van der Waals surface area contributed by atoms with E-state index in [2.05, 4.69) is 10.4 Å². The highest BCUT2D eigenvalue weighted by atomic mass is 32.1. The van der Waals surface area contributed by atoms with Crippen molar-refractivity contribution in [3.63, 3.8) is 0 Å². The van der Waals surface area contributed by atoms with Crippen LogP contribution >= 0.6 is 11.3 Å². The number of nitrogens with two attached hydrogens (primary N) is 1. The lowest BCUT2D eigenvalue weighted by atomic mass is 10.1. The summed E-state index contributed by atoms with van der Waals surface area (Å²) in [6.45, 7) is 0. The van der Waals surface area contributed by atoms with Gasteiger partial charge in [-0.1, -0.05) is 0 Å². The maximum atomic E-state index is 5.90. The highest BCUT2D eigenvalue weighted by Gasteiger charge is 2.38. The smallest absolute Gasteiger partial charge is 0.0794 e. The highest BCUT2D eigenvalue weighted by molar-refractivity contribution is 7.07. The molecule has 0 bridgehead atoms. The SMILES string of the molecule is NC1(Cc2cscn2)CC1. The van der Waals surface area contributed by atoms with Crippen molar-refractivity contribution in [2.24, 2.45) is 5.73 Å². The third kappa shape index (κ3) is 1.20. The lowest BCUT2D eigenvalue weighted by Crippen LogP contribution is -2.24. The monoisotopic (exact) mass is 154 g/mol. The molecule has 0 aromatic carbocycles. The number of rotatable bonds is 2. The summed E-state index contributed by atoms with van der Waals surface area (Å²) in [5.74, 6) is 0. The van der Waals surface area contributed by atoms with Crippen molar-refractivity contribution < 1.29 is 0 Å². The first-order chi connectivity index (χ1) is 4.79. The van der Waals surface area contributed by atoms with Gasteiger partial charge in [-0.15, -0.1) is 11.3 Å². The van der Waals surface area contributed by atoms with Crippen LogP contribution in [0.4, 0.5) is 0 Å².